The third-order valence-electron chi connectivity index (χ3n) is 3.60. The quantitative estimate of drug-likeness (QED) is 0.737. The van der Waals surface area contributed by atoms with Crippen LogP contribution >= 0.6 is 11.6 Å². The summed E-state index contributed by atoms with van der Waals surface area (Å²) in [5.41, 5.74) is 2.09. The monoisotopic (exact) mass is 331 g/mol. The van der Waals surface area contributed by atoms with Gasteiger partial charge in [0.05, 0.1) is 12.6 Å². The van der Waals surface area contributed by atoms with Crippen molar-refractivity contribution < 1.29 is 9.53 Å². The Labute approximate surface area is 142 Å². The summed E-state index contributed by atoms with van der Waals surface area (Å²) in [6.45, 7) is 2.98. The van der Waals surface area contributed by atoms with Crippen LogP contribution < -0.4 is 5.32 Å². The minimum atomic E-state index is -0.106. The molecular weight excluding hydrogens is 310 g/mol. The zero-order valence-electron chi connectivity index (χ0n) is 13.3. The fraction of sp³-hybridized carbons (Fsp3) is 0.316. The molecule has 0 heterocycles. The first-order valence-electron chi connectivity index (χ1n) is 7.86. The van der Waals surface area contributed by atoms with Gasteiger partial charge in [-0.25, -0.2) is 0 Å². The Bertz CT molecular complexity index is 616. The predicted molar refractivity (Wildman–Crippen MR) is 93.6 cm³/mol. The predicted octanol–water partition coefficient (Wildman–Crippen LogP) is 4.17. The molecule has 0 saturated carbocycles. The number of halogens is 1. The van der Waals surface area contributed by atoms with Crippen LogP contribution in [-0.2, 0) is 16.0 Å². The molecule has 0 bridgehead atoms. The second kappa shape index (κ2) is 9.33. The standard InChI is InChI=1S/C19H22ClNO2/c1-2-23-13-12-19(22)21-18(15-8-4-3-5-9-15)14-16-10-6-7-11-17(16)20/h3-11,18H,2,12-14H2,1H3,(H,21,22). The van der Waals surface area contributed by atoms with Crippen molar-refractivity contribution in [3.05, 3.63) is 70.7 Å². The maximum absolute atomic E-state index is 12.2. The average Bonchev–Trinajstić information content (AvgIpc) is 2.57. The van der Waals surface area contributed by atoms with Gasteiger partial charge in [0.15, 0.2) is 0 Å². The summed E-state index contributed by atoms with van der Waals surface area (Å²) in [5, 5.41) is 3.81. The highest BCUT2D eigenvalue weighted by atomic mass is 35.5. The molecule has 0 aliphatic carbocycles. The normalized spacial score (nSPS) is 11.9. The second-order valence-electron chi connectivity index (χ2n) is 5.27. The molecule has 2 rings (SSSR count). The highest BCUT2D eigenvalue weighted by molar-refractivity contribution is 6.31. The Hall–Kier alpha value is -1.84. The van der Waals surface area contributed by atoms with E-state index in [1.165, 1.54) is 0 Å². The van der Waals surface area contributed by atoms with Crippen LogP contribution in [0.2, 0.25) is 5.02 Å². The Morgan fingerprint density at radius 3 is 2.52 bits per heavy atom. The number of benzene rings is 2. The Morgan fingerprint density at radius 1 is 1.13 bits per heavy atom. The molecule has 1 amide bonds. The number of nitrogens with one attached hydrogen (secondary N) is 1. The van der Waals surface area contributed by atoms with E-state index in [-0.39, 0.29) is 11.9 Å². The van der Waals surface area contributed by atoms with Crippen LogP contribution in [0.5, 0.6) is 0 Å². The lowest BCUT2D eigenvalue weighted by molar-refractivity contribution is -0.122. The van der Waals surface area contributed by atoms with E-state index >= 15 is 0 Å². The van der Waals surface area contributed by atoms with Gasteiger partial charge in [0.2, 0.25) is 5.91 Å². The molecule has 0 saturated heterocycles. The Kier molecular flexibility index (Phi) is 7.11. The van der Waals surface area contributed by atoms with Crippen LogP contribution in [0.4, 0.5) is 0 Å². The van der Waals surface area contributed by atoms with Crippen LogP contribution in [0.3, 0.4) is 0 Å². The van der Waals surface area contributed by atoms with Crippen LogP contribution in [0.25, 0.3) is 0 Å². The highest BCUT2D eigenvalue weighted by Crippen LogP contribution is 2.23. The first-order valence-corrected chi connectivity index (χ1v) is 8.24. The molecule has 0 aliphatic rings. The molecule has 4 heteroatoms. The molecule has 0 aromatic heterocycles. The smallest absolute Gasteiger partial charge is 0.222 e. The summed E-state index contributed by atoms with van der Waals surface area (Å²) < 4.78 is 5.25. The fourth-order valence-corrected chi connectivity index (χ4v) is 2.61. The molecule has 1 unspecified atom stereocenters. The van der Waals surface area contributed by atoms with E-state index in [1.807, 2.05) is 61.5 Å². The Balaban J connectivity index is 2.10. The van der Waals surface area contributed by atoms with Gasteiger partial charge in [-0.1, -0.05) is 60.1 Å². The van der Waals surface area contributed by atoms with Crippen LogP contribution in [-0.4, -0.2) is 19.1 Å². The van der Waals surface area contributed by atoms with Crippen molar-refractivity contribution in [1.82, 2.24) is 5.32 Å². The van der Waals surface area contributed by atoms with Gasteiger partial charge in [-0.2, -0.15) is 0 Å². The lowest BCUT2D eigenvalue weighted by Gasteiger charge is -2.20. The van der Waals surface area contributed by atoms with E-state index in [0.29, 0.717) is 26.1 Å². The van der Waals surface area contributed by atoms with Gasteiger partial charge in [-0.3, -0.25) is 4.79 Å². The van der Waals surface area contributed by atoms with Gasteiger partial charge in [-0.15, -0.1) is 0 Å². The molecule has 1 atom stereocenters. The molecule has 1 N–H and O–H groups in total. The largest absolute Gasteiger partial charge is 0.381 e. The average molecular weight is 332 g/mol. The molecule has 122 valence electrons. The van der Waals surface area contributed by atoms with Gasteiger partial charge in [0.25, 0.3) is 0 Å². The minimum absolute atomic E-state index is 0.0145. The molecule has 0 fully saturated rings. The van der Waals surface area contributed by atoms with Crippen molar-refractivity contribution in [1.29, 1.82) is 0 Å². The summed E-state index contributed by atoms with van der Waals surface area (Å²) >= 11 is 6.26. The number of hydrogen-bond acceptors (Lipinski definition) is 2. The lowest BCUT2D eigenvalue weighted by Crippen LogP contribution is -2.30. The molecule has 23 heavy (non-hydrogen) atoms. The summed E-state index contributed by atoms with van der Waals surface area (Å²) in [4.78, 5) is 12.2. The first kappa shape index (κ1) is 17.5. The van der Waals surface area contributed by atoms with E-state index in [0.717, 1.165) is 16.1 Å². The second-order valence-corrected chi connectivity index (χ2v) is 5.68. The van der Waals surface area contributed by atoms with Gasteiger partial charge < -0.3 is 10.1 Å². The third-order valence-corrected chi connectivity index (χ3v) is 3.97. The van der Waals surface area contributed by atoms with Crippen molar-refractivity contribution in [2.24, 2.45) is 0 Å². The highest BCUT2D eigenvalue weighted by Gasteiger charge is 2.16. The van der Waals surface area contributed by atoms with E-state index in [2.05, 4.69) is 5.32 Å². The summed E-state index contributed by atoms with van der Waals surface area (Å²) in [6, 6.07) is 17.6. The van der Waals surface area contributed by atoms with Gasteiger partial charge >= 0.3 is 0 Å². The van der Waals surface area contributed by atoms with Crippen molar-refractivity contribution in [2.45, 2.75) is 25.8 Å². The Morgan fingerprint density at radius 2 is 1.83 bits per heavy atom. The number of carbonyl (C=O) groups is 1. The van der Waals surface area contributed by atoms with E-state index < -0.39 is 0 Å². The molecule has 2 aromatic carbocycles. The molecule has 0 radical (unpaired) electrons. The van der Waals surface area contributed by atoms with Crippen LogP contribution in [0.1, 0.15) is 30.5 Å². The number of ether oxygens (including phenoxy) is 1. The number of rotatable bonds is 8. The fourth-order valence-electron chi connectivity index (χ4n) is 2.40. The van der Waals surface area contributed by atoms with Crippen LogP contribution in [0, 0.1) is 0 Å². The lowest BCUT2D eigenvalue weighted by atomic mass is 9.98. The number of carbonyl (C=O) groups excluding carboxylic acids is 1. The van der Waals surface area contributed by atoms with Gasteiger partial charge in [-0.05, 0) is 30.5 Å². The summed E-state index contributed by atoms with van der Waals surface area (Å²) in [6.07, 6.45) is 1.02. The SMILES string of the molecule is CCOCCC(=O)NC(Cc1ccccc1Cl)c1ccccc1. The van der Waals surface area contributed by atoms with Crippen molar-refractivity contribution >= 4 is 17.5 Å². The molecule has 2 aromatic rings. The first-order chi connectivity index (χ1) is 11.2. The maximum Gasteiger partial charge on any atom is 0.222 e. The number of amides is 1. The third kappa shape index (κ3) is 5.70. The summed E-state index contributed by atoms with van der Waals surface area (Å²) in [5.74, 6) is -0.0145. The van der Waals surface area contributed by atoms with Crippen molar-refractivity contribution in [2.75, 3.05) is 13.2 Å². The zero-order valence-corrected chi connectivity index (χ0v) is 14.1. The van der Waals surface area contributed by atoms with Crippen molar-refractivity contribution in [3.8, 4) is 0 Å². The van der Waals surface area contributed by atoms with E-state index in [1.54, 1.807) is 0 Å². The molecule has 0 spiro atoms. The van der Waals surface area contributed by atoms with Gasteiger partial charge in [0.1, 0.15) is 0 Å². The zero-order chi connectivity index (χ0) is 16.5. The molecular formula is C19H22ClNO2. The molecule has 3 nitrogen and oxygen atoms in total. The van der Waals surface area contributed by atoms with Crippen LogP contribution in [0.15, 0.2) is 54.6 Å². The van der Waals surface area contributed by atoms with Gasteiger partial charge in [0, 0.05) is 18.1 Å². The van der Waals surface area contributed by atoms with Crippen molar-refractivity contribution in [3.63, 3.8) is 0 Å². The van der Waals surface area contributed by atoms with E-state index in [9.17, 15) is 4.79 Å². The van der Waals surface area contributed by atoms with E-state index in [4.69, 9.17) is 16.3 Å². The summed E-state index contributed by atoms with van der Waals surface area (Å²) in [7, 11) is 0. The molecule has 0 aliphatic heterocycles. The minimum Gasteiger partial charge on any atom is -0.381 e. The number of hydrogen-bond donors (Lipinski definition) is 1. The maximum atomic E-state index is 12.2. The topological polar surface area (TPSA) is 38.3 Å².